The van der Waals surface area contributed by atoms with Crippen molar-refractivity contribution in [3.63, 3.8) is 0 Å². The third kappa shape index (κ3) is 6.10. The second kappa shape index (κ2) is 12.6. The summed E-state index contributed by atoms with van der Waals surface area (Å²) in [5.74, 6) is 0.609. The fourth-order valence-electron chi connectivity index (χ4n) is 4.60. The van der Waals surface area contributed by atoms with Gasteiger partial charge in [-0.3, -0.25) is 9.36 Å². The molecule has 5 rings (SSSR count). The summed E-state index contributed by atoms with van der Waals surface area (Å²) >= 11 is 8.34. The van der Waals surface area contributed by atoms with Gasteiger partial charge in [-0.1, -0.05) is 69.7 Å². The molecular weight excluding hydrogens is 672 g/mol. The van der Waals surface area contributed by atoms with Crippen LogP contribution < -0.4 is 24.4 Å². The number of allylic oxidation sites excluding steroid dienone is 1. The van der Waals surface area contributed by atoms with Gasteiger partial charge in [0.2, 0.25) is 0 Å². The summed E-state index contributed by atoms with van der Waals surface area (Å²) in [6, 6.07) is 20.4. The monoisotopic (exact) mass is 696 g/mol. The predicted molar refractivity (Wildman–Crippen MR) is 166 cm³/mol. The van der Waals surface area contributed by atoms with Crippen molar-refractivity contribution in [2.45, 2.75) is 26.5 Å². The third-order valence-electron chi connectivity index (χ3n) is 6.48. The molecule has 2 heterocycles. The maximum atomic E-state index is 13.9. The molecule has 210 valence electrons. The number of carbonyl (C=O) groups excluding carboxylic acids is 1. The third-order valence-corrected chi connectivity index (χ3v) is 8.58. The first-order chi connectivity index (χ1) is 19.8. The number of benzene rings is 3. The topological polar surface area (TPSA) is 79.1 Å². The summed E-state index contributed by atoms with van der Waals surface area (Å²) < 4.78 is 20.7. The molecular formula is C31H26Br2N2O5S. The van der Waals surface area contributed by atoms with Crippen LogP contribution in [-0.2, 0) is 16.1 Å². The van der Waals surface area contributed by atoms with Crippen molar-refractivity contribution in [1.82, 2.24) is 4.57 Å². The van der Waals surface area contributed by atoms with Crippen molar-refractivity contribution in [1.29, 1.82) is 0 Å². The molecule has 0 fully saturated rings. The number of halogens is 2. The maximum Gasteiger partial charge on any atom is 0.338 e. The molecule has 1 aliphatic heterocycles. The molecule has 0 amide bonds. The molecule has 0 radical (unpaired) electrons. The van der Waals surface area contributed by atoms with Crippen LogP contribution in [0.2, 0.25) is 0 Å². The Hall–Kier alpha value is -3.47. The zero-order chi connectivity index (χ0) is 29.1. The maximum absolute atomic E-state index is 13.9. The Morgan fingerprint density at radius 1 is 1.10 bits per heavy atom. The summed E-state index contributed by atoms with van der Waals surface area (Å²) in [7, 11) is 1.58. The van der Waals surface area contributed by atoms with Gasteiger partial charge in [0.25, 0.3) is 5.56 Å². The molecule has 0 saturated carbocycles. The Labute approximate surface area is 257 Å². The number of hydrogen-bond acceptors (Lipinski definition) is 7. The molecule has 3 aromatic carbocycles. The standard InChI is InChI=1S/C31H26Br2N2O5S/c1-4-39-30(37)26-18(2)34-31-35(27(26)21-10-12-22(32)13-11-21)29(36)25(41-31)16-20-14-23(33)28(24(15-20)38-3)40-17-19-8-6-5-7-9-19/h5-16,27H,4,17H2,1-3H3/b25-16-/t27-/m1/s1. The number of thiazole rings is 1. The zero-order valence-corrected chi connectivity index (χ0v) is 26.5. The SMILES string of the molecule is CCOC(=O)C1=C(C)N=c2s/c(=C\c3cc(Br)c(OCc4ccccc4)c(OC)c3)c(=O)n2[C@@H]1c1ccc(Br)cc1. The Morgan fingerprint density at radius 2 is 1.83 bits per heavy atom. The number of methoxy groups -OCH3 is 1. The van der Waals surface area contributed by atoms with Crippen LogP contribution in [-0.4, -0.2) is 24.3 Å². The minimum absolute atomic E-state index is 0.217. The molecule has 0 aliphatic carbocycles. The first-order valence-electron chi connectivity index (χ1n) is 12.8. The van der Waals surface area contributed by atoms with Gasteiger partial charge in [-0.15, -0.1) is 0 Å². The highest BCUT2D eigenvalue weighted by atomic mass is 79.9. The lowest BCUT2D eigenvalue weighted by Crippen LogP contribution is -2.39. The van der Waals surface area contributed by atoms with Crippen LogP contribution >= 0.6 is 43.2 Å². The van der Waals surface area contributed by atoms with Gasteiger partial charge >= 0.3 is 5.97 Å². The second-order valence-corrected chi connectivity index (χ2v) is 11.9. The number of rotatable bonds is 8. The first kappa shape index (κ1) is 29.0. The normalized spacial score (nSPS) is 14.9. The van der Waals surface area contributed by atoms with Gasteiger partial charge in [-0.25, -0.2) is 9.79 Å². The molecule has 0 bridgehead atoms. The number of aromatic nitrogens is 1. The van der Waals surface area contributed by atoms with Crippen LogP contribution in [0.4, 0.5) is 0 Å². The van der Waals surface area contributed by atoms with Gasteiger partial charge in [0.05, 0.1) is 40.0 Å². The van der Waals surface area contributed by atoms with E-state index in [0.717, 1.165) is 21.2 Å². The second-order valence-electron chi connectivity index (χ2n) is 9.16. The van der Waals surface area contributed by atoms with Crippen LogP contribution in [0, 0.1) is 0 Å². The van der Waals surface area contributed by atoms with Crippen LogP contribution in [0.5, 0.6) is 11.5 Å². The largest absolute Gasteiger partial charge is 0.493 e. The molecule has 1 aliphatic rings. The Morgan fingerprint density at radius 3 is 2.51 bits per heavy atom. The molecule has 0 unspecified atom stereocenters. The van der Waals surface area contributed by atoms with Gasteiger partial charge in [0.1, 0.15) is 6.61 Å². The highest BCUT2D eigenvalue weighted by molar-refractivity contribution is 9.10. The number of nitrogens with zero attached hydrogens (tertiary/aromatic N) is 2. The molecule has 7 nitrogen and oxygen atoms in total. The molecule has 1 aromatic heterocycles. The fourth-order valence-corrected chi connectivity index (χ4v) is 6.48. The van der Waals surface area contributed by atoms with E-state index < -0.39 is 12.0 Å². The van der Waals surface area contributed by atoms with E-state index in [1.165, 1.54) is 11.3 Å². The molecule has 41 heavy (non-hydrogen) atoms. The van der Waals surface area contributed by atoms with E-state index in [0.29, 0.717) is 43.2 Å². The van der Waals surface area contributed by atoms with Crippen LogP contribution in [0.25, 0.3) is 6.08 Å². The molecule has 0 spiro atoms. The minimum Gasteiger partial charge on any atom is -0.493 e. The lowest BCUT2D eigenvalue weighted by molar-refractivity contribution is -0.139. The Kier molecular flexibility index (Phi) is 8.91. The lowest BCUT2D eigenvalue weighted by Gasteiger charge is -2.24. The quantitative estimate of drug-likeness (QED) is 0.214. The smallest absolute Gasteiger partial charge is 0.338 e. The molecule has 1 atom stereocenters. The minimum atomic E-state index is -0.671. The van der Waals surface area contributed by atoms with E-state index in [-0.39, 0.29) is 12.2 Å². The first-order valence-corrected chi connectivity index (χ1v) is 15.2. The van der Waals surface area contributed by atoms with Crippen LogP contribution in [0.1, 0.15) is 36.6 Å². The van der Waals surface area contributed by atoms with Gasteiger partial charge in [-0.2, -0.15) is 0 Å². The number of hydrogen-bond donors (Lipinski definition) is 0. The van der Waals surface area contributed by atoms with Gasteiger partial charge < -0.3 is 14.2 Å². The number of esters is 1. The summed E-state index contributed by atoms with van der Waals surface area (Å²) in [6.45, 7) is 4.12. The van der Waals surface area contributed by atoms with Crippen molar-refractivity contribution < 1.29 is 19.0 Å². The van der Waals surface area contributed by atoms with Crippen LogP contribution in [0.3, 0.4) is 0 Å². The van der Waals surface area contributed by atoms with Gasteiger partial charge in [-0.05, 0) is 76.8 Å². The van der Waals surface area contributed by atoms with E-state index in [1.54, 1.807) is 31.6 Å². The van der Waals surface area contributed by atoms with Crippen molar-refractivity contribution in [3.05, 3.63) is 123 Å². The zero-order valence-electron chi connectivity index (χ0n) is 22.5. The average molecular weight is 698 g/mol. The number of fused-ring (bicyclic) bond motifs is 1. The van der Waals surface area contributed by atoms with Crippen molar-refractivity contribution in [2.75, 3.05) is 13.7 Å². The van der Waals surface area contributed by atoms with Crippen molar-refractivity contribution in [2.24, 2.45) is 4.99 Å². The molecule has 0 N–H and O–H groups in total. The van der Waals surface area contributed by atoms with Crippen LogP contribution in [0.15, 0.2) is 96.7 Å². The summed E-state index contributed by atoms with van der Waals surface area (Å²) in [5.41, 5.74) is 3.17. The predicted octanol–water partition coefficient (Wildman–Crippen LogP) is 5.91. The fraction of sp³-hybridized carbons (Fsp3) is 0.194. The molecule has 10 heteroatoms. The summed E-state index contributed by atoms with van der Waals surface area (Å²) in [6.07, 6.45) is 1.79. The van der Waals surface area contributed by atoms with E-state index in [9.17, 15) is 9.59 Å². The highest BCUT2D eigenvalue weighted by Gasteiger charge is 2.33. The lowest BCUT2D eigenvalue weighted by atomic mass is 9.96. The summed E-state index contributed by atoms with van der Waals surface area (Å²) in [4.78, 5) is 32.1. The Balaban J connectivity index is 1.58. The van der Waals surface area contributed by atoms with E-state index in [2.05, 4.69) is 36.9 Å². The van der Waals surface area contributed by atoms with Crippen molar-refractivity contribution >= 4 is 55.2 Å². The van der Waals surface area contributed by atoms with Gasteiger partial charge in [0, 0.05) is 4.47 Å². The van der Waals surface area contributed by atoms with E-state index >= 15 is 0 Å². The Bertz CT molecular complexity index is 1810. The highest BCUT2D eigenvalue weighted by Crippen LogP contribution is 2.37. The molecule has 4 aromatic rings. The number of carbonyl (C=O) groups is 1. The summed E-state index contributed by atoms with van der Waals surface area (Å²) in [5, 5.41) is 0. The van der Waals surface area contributed by atoms with E-state index in [4.69, 9.17) is 14.2 Å². The van der Waals surface area contributed by atoms with E-state index in [1.807, 2.05) is 66.7 Å². The number of ether oxygens (including phenoxy) is 3. The van der Waals surface area contributed by atoms with Gasteiger partial charge in [0.15, 0.2) is 16.3 Å². The average Bonchev–Trinajstić information content (AvgIpc) is 3.26. The molecule has 0 saturated heterocycles. The van der Waals surface area contributed by atoms with Crippen molar-refractivity contribution in [3.8, 4) is 11.5 Å².